The Hall–Kier alpha value is -4.22. The van der Waals surface area contributed by atoms with Gasteiger partial charge in [0.25, 0.3) is 5.91 Å². The summed E-state index contributed by atoms with van der Waals surface area (Å²) < 4.78 is 56.7. The van der Waals surface area contributed by atoms with Gasteiger partial charge in [-0.1, -0.05) is 0 Å². The maximum absolute atomic E-state index is 14.1. The van der Waals surface area contributed by atoms with Crippen LogP contribution in [0.4, 0.5) is 29.2 Å². The molecule has 0 saturated carbocycles. The van der Waals surface area contributed by atoms with E-state index < -0.39 is 29.4 Å². The number of fused-ring (bicyclic) bond motifs is 1. The molecule has 0 atom stereocenters. The average Bonchev–Trinajstić information content (AvgIpc) is 3.09. The Morgan fingerprint density at radius 1 is 1.16 bits per heavy atom. The number of carbonyl (C=O) groups excluding carboxylic acids is 1. The zero-order valence-electron chi connectivity index (χ0n) is 16.3. The van der Waals surface area contributed by atoms with Gasteiger partial charge in [0.1, 0.15) is 11.6 Å². The molecule has 0 aliphatic rings. The average molecular weight is 446 g/mol. The smallest absolute Gasteiger partial charge is 0.406 e. The number of pyridine rings is 2. The number of amides is 1. The van der Waals surface area contributed by atoms with Gasteiger partial charge in [-0.2, -0.15) is 4.98 Å². The van der Waals surface area contributed by atoms with Crippen LogP contribution in [-0.2, 0) is 0 Å². The lowest BCUT2D eigenvalue weighted by Crippen LogP contribution is -2.19. The van der Waals surface area contributed by atoms with E-state index >= 15 is 0 Å². The van der Waals surface area contributed by atoms with Crippen LogP contribution in [0.1, 0.15) is 16.1 Å². The Balaban J connectivity index is 1.63. The number of aryl methyl sites for hydroxylation is 1. The van der Waals surface area contributed by atoms with Crippen LogP contribution >= 0.6 is 0 Å². The molecule has 12 heteroatoms. The molecule has 0 aliphatic carbocycles. The van der Waals surface area contributed by atoms with E-state index in [1.807, 2.05) is 0 Å². The Morgan fingerprint density at radius 3 is 2.69 bits per heavy atom. The predicted octanol–water partition coefficient (Wildman–Crippen LogP) is 3.97. The minimum absolute atomic E-state index is 0.107. The number of nitrogen functional groups attached to an aromatic ring is 1. The number of halogens is 4. The molecule has 0 saturated heterocycles. The number of alkyl halides is 3. The highest BCUT2D eigenvalue weighted by molar-refractivity contribution is 6.05. The number of benzene rings is 1. The summed E-state index contributed by atoms with van der Waals surface area (Å²) in [6.45, 7) is 1.61. The first-order valence-electron chi connectivity index (χ1n) is 9.04. The Bertz CT molecular complexity index is 1340. The highest BCUT2D eigenvalue weighted by Gasteiger charge is 2.31. The molecule has 0 aliphatic heterocycles. The van der Waals surface area contributed by atoms with Gasteiger partial charge in [-0.15, -0.1) is 18.3 Å². The van der Waals surface area contributed by atoms with Crippen LogP contribution in [0.2, 0.25) is 0 Å². The molecule has 164 valence electrons. The molecule has 0 radical (unpaired) electrons. The third kappa shape index (κ3) is 4.43. The number of aromatic nitrogens is 4. The lowest BCUT2D eigenvalue weighted by atomic mass is 10.1. The quantitative estimate of drug-likeness (QED) is 0.460. The van der Waals surface area contributed by atoms with Crippen LogP contribution in [0.5, 0.6) is 5.75 Å². The van der Waals surface area contributed by atoms with E-state index in [0.717, 1.165) is 12.1 Å². The molecule has 32 heavy (non-hydrogen) atoms. The summed E-state index contributed by atoms with van der Waals surface area (Å²) in [4.78, 5) is 20.9. The summed E-state index contributed by atoms with van der Waals surface area (Å²) in [7, 11) is 0. The summed E-state index contributed by atoms with van der Waals surface area (Å²) in [6, 6.07) is 7.21. The largest absolute Gasteiger partial charge is 0.573 e. The molecular weight excluding hydrogens is 432 g/mol. The van der Waals surface area contributed by atoms with E-state index in [1.54, 1.807) is 37.5 Å². The fourth-order valence-electron chi connectivity index (χ4n) is 2.96. The fourth-order valence-corrected chi connectivity index (χ4v) is 2.96. The lowest BCUT2D eigenvalue weighted by molar-refractivity contribution is -0.274. The summed E-state index contributed by atoms with van der Waals surface area (Å²) in [5.74, 6) is -2.57. The first-order valence-corrected chi connectivity index (χ1v) is 9.04. The summed E-state index contributed by atoms with van der Waals surface area (Å²) >= 11 is 0. The molecule has 3 N–H and O–H groups in total. The van der Waals surface area contributed by atoms with Crippen molar-refractivity contribution in [3.8, 4) is 16.9 Å². The van der Waals surface area contributed by atoms with Gasteiger partial charge in [0.15, 0.2) is 5.65 Å². The monoisotopic (exact) mass is 446 g/mol. The van der Waals surface area contributed by atoms with Crippen molar-refractivity contribution in [2.24, 2.45) is 0 Å². The SMILES string of the molecule is Cc1ncc(-c2ccn3nc(N)nc3c2)cc1NC(=O)c1cc(OC(F)(F)F)ccc1F. The molecule has 1 aromatic carbocycles. The van der Waals surface area contributed by atoms with E-state index in [-0.39, 0.29) is 11.6 Å². The van der Waals surface area contributed by atoms with Gasteiger partial charge in [-0.25, -0.2) is 8.91 Å². The summed E-state index contributed by atoms with van der Waals surface area (Å²) in [5.41, 5.74) is 7.42. The van der Waals surface area contributed by atoms with Crippen molar-refractivity contribution in [2.75, 3.05) is 11.1 Å². The van der Waals surface area contributed by atoms with Crippen molar-refractivity contribution in [1.82, 2.24) is 19.6 Å². The third-order valence-corrected chi connectivity index (χ3v) is 4.44. The number of nitrogens with one attached hydrogen (secondary N) is 1. The number of carbonyl (C=O) groups is 1. The van der Waals surface area contributed by atoms with Crippen LogP contribution < -0.4 is 15.8 Å². The molecular formula is C20H14F4N6O2. The van der Waals surface area contributed by atoms with Crippen LogP contribution in [-0.4, -0.2) is 31.9 Å². The summed E-state index contributed by atoms with van der Waals surface area (Å²) in [6.07, 6.45) is -1.76. The molecule has 0 fully saturated rings. The standard InChI is InChI=1S/C20H14F4N6O2/c1-10-16(27-18(31)14-8-13(2-3-15(14)21)32-20(22,23)24)6-12(9-26-10)11-4-5-30-17(7-11)28-19(25)29-30/h2-9H,1H3,(H2,25,29)(H,27,31). The molecule has 4 rings (SSSR count). The maximum Gasteiger partial charge on any atom is 0.573 e. The van der Waals surface area contributed by atoms with Crippen molar-refractivity contribution < 1.29 is 27.1 Å². The van der Waals surface area contributed by atoms with E-state index in [2.05, 4.69) is 25.1 Å². The van der Waals surface area contributed by atoms with Crippen LogP contribution in [0.25, 0.3) is 16.8 Å². The molecule has 0 spiro atoms. The van der Waals surface area contributed by atoms with E-state index in [1.165, 1.54) is 4.52 Å². The fraction of sp³-hybridized carbons (Fsp3) is 0.100. The van der Waals surface area contributed by atoms with E-state index in [4.69, 9.17) is 5.73 Å². The van der Waals surface area contributed by atoms with Gasteiger partial charge < -0.3 is 15.8 Å². The van der Waals surface area contributed by atoms with E-state index in [0.29, 0.717) is 28.5 Å². The van der Waals surface area contributed by atoms with Gasteiger partial charge in [0.2, 0.25) is 5.95 Å². The number of nitrogens with two attached hydrogens (primary N) is 1. The van der Waals surface area contributed by atoms with Crippen LogP contribution in [0.15, 0.2) is 48.8 Å². The molecule has 3 heterocycles. The van der Waals surface area contributed by atoms with Crippen LogP contribution in [0.3, 0.4) is 0 Å². The third-order valence-electron chi connectivity index (χ3n) is 4.44. The Labute approximate surface area is 177 Å². The second-order valence-corrected chi connectivity index (χ2v) is 6.69. The topological polar surface area (TPSA) is 107 Å². The zero-order chi connectivity index (χ0) is 23.0. The highest BCUT2D eigenvalue weighted by atomic mass is 19.4. The van der Waals surface area contributed by atoms with Gasteiger partial charge in [0.05, 0.1) is 16.9 Å². The maximum atomic E-state index is 14.1. The van der Waals surface area contributed by atoms with Crippen molar-refractivity contribution >= 4 is 23.2 Å². The second kappa shape index (κ2) is 7.80. The van der Waals surface area contributed by atoms with Gasteiger partial charge in [-0.05, 0) is 48.9 Å². The minimum Gasteiger partial charge on any atom is -0.406 e. The first kappa shape index (κ1) is 21.0. The highest BCUT2D eigenvalue weighted by Crippen LogP contribution is 2.27. The van der Waals surface area contributed by atoms with Crippen molar-refractivity contribution in [1.29, 1.82) is 0 Å². The number of rotatable bonds is 4. The van der Waals surface area contributed by atoms with Gasteiger partial charge in [0, 0.05) is 18.0 Å². The molecule has 1 amide bonds. The Morgan fingerprint density at radius 2 is 1.94 bits per heavy atom. The number of ether oxygens (including phenoxy) is 1. The van der Waals surface area contributed by atoms with Crippen molar-refractivity contribution in [2.45, 2.75) is 13.3 Å². The van der Waals surface area contributed by atoms with Crippen LogP contribution in [0, 0.1) is 12.7 Å². The lowest BCUT2D eigenvalue weighted by Gasteiger charge is -2.13. The normalized spacial score (nSPS) is 11.5. The predicted molar refractivity (Wildman–Crippen MR) is 106 cm³/mol. The molecule has 0 bridgehead atoms. The number of nitrogens with zero attached hydrogens (tertiary/aromatic N) is 4. The molecule has 4 aromatic rings. The van der Waals surface area contributed by atoms with Crippen molar-refractivity contribution in [3.63, 3.8) is 0 Å². The van der Waals surface area contributed by atoms with Crippen molar-refractivity contribution in [3.05, 3.63) is 65.9 Å². The molecule has 8 nitrogen and oxygen atoms in total. The van der Waals surface area contributed by atoms with Gasteiger partial charge in [-0.3, -0.25) is 9.78 Å². The Kier molecular flexibility index (Phi) is 5.12. The van der Waals surface area contributed by atoms with E-state index in [9.17, 15) is 22.4 Å². The second-order valence-electron chi connectivity index (χ2n) is 6.69. The van der Waals surface area contributed by atoms with Gasteiger partial charge >= 0.3 is 6.36 Å². The first-order chi connectivity index (χ1) is 15.1. The summed E-state index contributed by atoms with van der Waals surface area (Å²) in [5, 5.41) is 6.46. The zero-order valence-corrected chi connectivity index (χ0v) is 16.3. The minimum atomic E-state index is -4.98. The molecule has 0 unspecified atom stereocenters. The number of hydrogen-bond donors (Lipinski definition) is 2. The molecule has 3 aromatic heterocycles. The number of hydrogen-bond acceptors (Lipinski definition) is 6. The number of anilines is 2.